The summed E-state index contributed by atoms with van der Waals surface area (Å²) in [5.41, 5.74) is -0.487. The van der Waals surface area contributed by atoms with E-state index in [-0.39, 0.29) is 0 Å². The van der Waals surface area contributed by atoms with E-state index in [2.05, 4.69) is 15.9 Å². The molecule has 0 atom stereocenters. The molecule has 0 aliphatic carbocycles. The van der Waals surface area contributed by atoms with E-state index in [4.69, 9.17) is 0 Å². The van der Waals surface area contributed by atoms with E-state index in [0.717, 1.165) is 23.9 Å². The molecule has 0 N–H and O–H groups in total. The van der Waals surface area contributed by atoms with Crippen molar-refractivity contribution in [3.63, 3.8) is 0 Å². The lowest BCUT2D eigenvalue weighted by Gasteiger charge is -2.17. The Kier molecular flexibility index (Phi) is 4.86. The van der Waals surface area contributed by atoms with Gasteiger partial charge in [0, 0.05) is 18.9 Å². The molecule has 5 heteroatoms. The first-order valence-corrected chi connectivity index (χ1v) is 5.95. The number of carbonyl (C=O) groups excluding carboxylic acids is 1. The molecular formula is C11H12BrF2NO. The second kappa shape index (κ2) is 5.94. The fraction of sp³-hybridized carbons (Fsp3) is 0.364. The van der Waals surface area contributed by atoms with Gasteiger partial charge in [0.15, 0.2) is 0 Å². The minimum Gasteiger partial charge on any atom is -0.341 e. The topological polar surface area (TPSA) is 20.3 Å². The van der Waals surface area contributed by atoms with Gasteiger partial charge in [-0.3, -0.25) is 4.79 Å². The summed E-state index contributed by atoms with van der Waals surface area (Å²) in [6, 6.07) is 3.39. The zero-order chi connectivity index (χ0) is 12.1. The number of alkyl halides is 1. The Bertz CT molecular complexity index is 364. The lowest BCUT2D eigenvalue weighted by atomic mass is 10.1. The molecule has 2 nitrogen and oxygen atoms in total. The lowest BCUT2D eigenvalue weighted by molar-refractivity contribution is 0.0786. The van der Waals surface area contributed by atoms with Crippen molar-refractivity contribution in [3.05, 3.63) is 35.4 Å². The van der Waals surface area contributed by atoms with Crippen molar-refractivity contribution < 1.29 is 13.6 Å². The molecule has 0 aliphatic rings. The Morgan fingerprint density at radius 3 is 2.44 bits per heavy atom. The van der Waals surface area contributed by atoms with Crippen molar-refractivity contribution in [1.29, 1.82) is 0 Å². The molecule has 0 saturated heterocycles. The summed E-state index contributed by atoms with van der Waals surface area (Å²) >= 11 is 3.23. The third-order valence-corrected chi connectivity index (χ3v) is 2.71. The Morgan fingerprint density at radius 2 is 1.94 bits per heavy atom. The molecule has 1 aromatic carbocycles. The summed E-state index contributed by atoms with van der Waals surface area (Å²) in [5, 5.41) is 0.740. The minimum atomic E-state index is -0.823. The molecule has 0 unspecified atom stereocenters. The van der Waals surface area contributed by atoms with Crippen LogP contribution in [0.2, 0.25) is 0 Å². The van der Waals surface area contributed by atoms with Gasteiger partial charge in [0.2, 0.25) is 0 Å². The van der Waals surface area contributed by atoms with Crippen LogP contribution in [0.4, 0.5) is 8.78 Å². The molecule has 16 heavy (non-hydrogen) atoms. The Balaban J connectivity index is 2.87. The van der Waals surface area contributed by atoms with Gasteiger partial charge < -0.3 is 4.90 Å². The molecule has 88 valence electrons. The minimum absolute atomic E-state index is 0.456. The molecule has 1 amide bonds. The van der Waals surface area contributed by atoms with Crippen LogP contribution in [0.5, 0.6) is 0 Å². The number of nitrogens with zero attached hydrogens (tertiary/aromatic N) is 1. The van der Waals surface area contributed by atoms with E-state index in [1.165, 1.54) is 18.0 Å². The second-order valence-electron chi connectivity index (χ2n) is 3.37. The van der Waals surface area contributed by atoms with Gasteiger partial charge in [0.05, 0.1) is 0 Å². The third kappa shape index (κ3) is 3.01. The van der Waals surface area contributed by atoms with Gasteiger partial charge in [-0.25, -0.2) is 8.78 Å². The highest BCUT2D eigenvalue weighted by Crippen LogP contribution is 2.14. The maximum absolute atomic E-state index is 13.3. The van der Waals surface area contributed by atoms with Crippen molar-refractivity contribution in [2.45, 2.75) is 6.42 Å². The fourth-order valence-electron chi connectivity index (χ4n) is 1.29. The smallest absolute Gasteiger partial charge is 0.259 e. The summed E-state index contributed by atoms with van der Waals surface area (Å²) in [7, 11) is 1.52. The summed E-state index contributed by atoms with van der Waals surface area (Å²) in [6.07, 6.45) is 0.734. The number of rotatable bonds is 4. The molecule has 1 aromatic rings. The number of amides is 1. The Hall–Kier alpha value is -0.970. The highest BCUT2D eigenvalue weighted by Gasteiger charge is 2.19. The summed E-state index contributed by atoms with van der Waals surface area (Å²) < 4.78 is 26.6. The van der Waals surface area contributed by atoms with Crippen LogP contribution in [0.15, 0.2) is 18.2 Å². The van der Waals surface area contributed by atoms with Gasteiger partial charge in [-0.2, -0.15) is 0 Å². The first-order chi connectivity index (χ1) is 7.57. The van der Waals surface area contributed by atoms with E-state index < -0.39 is 23.1 Å². The van der Waals surface area contributed by atoms with Crippen LogP contribution in [-0.4, -0.2) is 29.7 Å². The van der Waals surface area contributed by atoms with Gasteiger partial charge in [0.25, 0.3) is 5.91 Å². The van der Waals surface area contributed by atoms with Crippen LogP contribution in [0.1, 0.15) is 16.8 Å². The van der Waals surface area contributed by atoms with Gasteiger partial charge in [0.1, 0.15) is 17.2 Å². The second-order valence-corrected chi connectivity index (χ2v) is 4.16. The average Bonchev–Trinajstić information content (AvgIpc) is 2.25. The molecular weight excluding hydrogens is 280 g/mol. The Morgan fingerprint density at radius 1 is 1.38 bits per heavy atom. The molecule has 0 heterocycles. The normalized spacial score (nSPS) is 10.2. The standard InChI is InChI=1S/C11H12BrF2NO/c1-15(7-3-6-12)11(16)10-8(13)4-2-5-9(10)14/h2,4-5H,3,6-7H2,1H3. The van der Waals surface area contributed by atoms with Crippen molar-refractivity contribution >= 4 is 21.8 Å². The molecule has 1 rings (SSSR count). The van der Waals surface area contributed by atoms with E-state index in [9.17, 15) is 13.6 Å². The van der Waals surface area contributed by atoms with Crippen molar-refractivity contribution in [2.75, 3.05) is 18.9 Å². The number of halogens is 3. The van der Waals surface area contributed by atoms with E-state index >= 15 is 0 Å². The maximum Gasteiger partial charge on any atom is 0.259 e. The van der Waals surface area contributed by atoms with Crippen molar-refractivity contribution in [3.8, 4) is 0 Å². The molecule has 0 aromatic heterocycles. The molecule has 0 aliphatic heterocycles. The fourth-order valence-corrected chi connectivity index (χ4v) is 1.54. The summed E-state index contributed by atoms with van der Waals surface area (Å²) in [5.74, 6) is -2.28. The molecule has 0 radical (unpaired) electrons. The van der Waals surface area contributed by atoms with Crippen molar-refractivity contribution in [2.24, 2.45) is 0 Å². The quantitative estimate of drug-likeness (QED) is 0.781. The monoisotopic (exact) mass is 291 g/mol. The molecule has 0 spiro atoms. The SMILES string of the molecule is CN(CCCBr)C(=O)c1c(F)cccc1F. The average molecular weight is 292 g/mol. The first kappa shape index (κ1) is 13.1. The van der Waals surface area contributed by atoms with Crippen LogP contribution in [0.25, 0.3) is 0 Å². The highest BCUT2D eigenvalue weighted by molar-refractivity contribution is 9.09. The van der Waals surface area contributed by atoms with Gasteiger partial charge in [-0.1, -0.05) is 22.0 Å². The largest absolute Gasteiger partial charge is 0.341 e. The highest BCUT2D eigenvalue weighted by atomic mass is 79.9. The van der Waals surface area contributed by atoms with Crippen LogP contribution >= 0.6 is 15.9 Å². The van der Waals surface area contributed by atoms with Gasteiger partial charge >= 0.3 is 0 Å². The van der Waals surface area contributed by atoms with Crippen LogP contribution in [0, 0.1) is 11.6 Å². The lowest BCUT2D eigenvalue weighted by Crippen LogP contribution is -2.29. The number of hydrogen-bond acceptors (Lipinski definition) is 1. The van der Waals surface area contributed by atoms with E-state index in [1.807, 2.05) is 0 Å². The van der Waals surface area contributed by atoms with E-state index in [0.29, 0.717) is 6.54 Å². The maximum atomic E-state index is 13.3. The van der Waals surface area contributed by atoms with Crippen LogP contribution in [-0.2, 0) is 0 Å². The summed E-state index contributed by atoms with van der Waals surface area (Å²) in [6.45, 7) is 0.456. The predicted octanol–water partition coefficient (Wildman–Crippen LogP) is 2.82. The Labute approximate surface area is 101 Å². The zero-order valence-electron chi connectivity index (χ0n) is 8.84. The van der Waals surface area contributed by atoms with Gasteiger partial charge in [-0.15, -0.1) is 0 Å². The predicted molar refractivity (Wildman–Crippen MR) is 61.7 cm³/mol. The zero-order valence-corrected chi connectivity index (χ0v) is 10.4. The first-order valence-electron chi connectivity index (χ1n) is 4.83. The number of hydrogen-bond donors (Lipinski definition) is 0. The number of benzene rings is 1. The molecule has 0 bridgehead atoms. The summed E-state index contributed by atoms with van der Waals surface area (Å²) in [4.78, 5) is 13.0. The number of carbonyl (C=O) groups is 1. The third-order valence-electron chi connectivity index (χ3n) is 2.15. The van der Waals surface area contributed by atoms with Crippen LogP contribution < -0.4 is 0 Å². The van der Waals surface area contributed by atoms with E-state index in [1.54, 1.807) is 0 Å². The molecule has 0 fully saturated rings. The molecule has 0 saturated carbocycles. The van der Waals surface area contributed by atoms with Crippen molar-refractivity contribution in [1.82, 2.24) is 4.90 Å². The van der Waals surface area contributed by atoms with Crippen LogP contribution in [0.3, 0.4) is 0 Å². The van der Waals surface area contributed by atoms with Gasteiger partial charge in [-0.05, 0) is 18.6 Å².